The van der Waals surface area contributed by atoms with Crippen LogP contribution < -0.4 is 0 Å². The fourth-order valence-corrected chi connectivity index (χ4v) is 1.76. The third-order valence-electron chi connectivity index (χ3n) is 2.66. The summed E-state index contributed by atoms with van der Waals surface area (Å²) in [5.41, 5.74) is 1.74. The second kappa shape index (κ2) is 4.52. The van der Waals surface area contributed by atoms with E-state index in [1.54, 1.807) is 12.4 Å². The predicted molar refractivity (Wildman–Crippen MR) is 66.0 cm³/mol. The van der Waals surface area contributed by atoms with E-state index < -0.39 is 0 Å². The Hall–Kier alpha value is -3.57. The highest BCUT2D eigenvalue weighted by Crippen LogP contribution is 2.26. The van der Waals surface area contributed by atoms with Crippen LogP contribution in [0.2, 0.25) is 0 Å². The first-order chi connectivity index (χ1) is 10.4. The summed E-state index contributed by atoms with van der Waals surface area (Å²) in [6.07, 6.45) is 4.54. The van der Waals surface area contributed by atoms with Crippen LogP contribution >= 0.6 is 0 Å². The number of hydrogen-bond donors (Lipinski definition) is 3. The maximum atomic E-state index is 4.40. The van der Waals surface area contributed by atoms with Crippen molar-refractivity contribution in [3.63, 3.8) is 0 Å². The Bertz CT molecular complexity index is 831. The van der Waals surface area contributed by atoms with Crippen LogP contribution in [0.1, 0.15) is 0 Å². The van der Waals surface area contributed by atoms with E-state index in [0.29, 0.717) is 28.6 Å². The van der Waals surface area contributed by atoms with Gasteiger partial charge in [0.1, 0.15) is 17.7 Å². The van der Waals surface area contributed by atoms with E-state index in [1.807, 2.05) is 0 Å². The number of nitrogens with zero attached hydrogens (tertiary/aromatic N) is 9. The van der Waals surface area contributed by atoms with E-state index >= 15 is 0 Å². The molecule has 0 saturated heterocycles. The highest BCUT2D eigenvalue weighted by molar-refractivity contribution is 5.75. The number of aromatic amines is 3. The maximum Gasteiger partial charge on any atom is 0.241 e. The molecule has 0 aliphatic rings. The molecule has 0 atom stereocenters. The Morgan fingerprint density at radius 1 is 0.905 bits per heavy atom. The molecule has 12 heteroatoms. The van der Waals surface area contributed by atoms with E-state index in [1.165, 1.54) is 6.33 Å². The average Bonchev–Trinajstić information content (AvgIpc) is 3.28. The predicted octanol–water partition coefficient (Wildman–Crippen LogP) is -0.773. The summed E-state index contributed by atoms with van der Waals surface area (Å²) >= 11 is 0. The molecular formula is C9H6N12. The average molecular weight is 282 g/mol. The van der Waals surface area contributed by atoms with Crippen LogP contribution in [-0.4, -0.2) is 61.2 Å². The van der Waals surface area contributed by atoms with Crippen molar-refractivity contribution in [1.29, 1.82) is 0 Å². The number of aromatic nitrogens is 12. The first-order valence-corrected chi connectivity index (χ1v) is 5.74. The molecule has 0 spiro atoms. The summed E-state index contributed by atoms with van der Waals surface area (Å²) < 4.78 is 0. The van der Waals surface area contributed by atoms with Gasteiger partial charge in [0.25, 0.3) is 0 Å². The Morgan fingerprint density at radius 3 is 2.62 bits per heavy atom. The fraction of sp³-hybridized carbons (Fsp3) is 0. The lowest BCUT2D eigenvalue weighted by molar-refractivity contribution is 0.881. The third kappa shape index (κ3) is 1.90. The van der Waals surface area contributed by atoms with Crippen LogP contribution in [0.5, 0.6) is 0 Å². The van der Waals surface area contributed by atoms with Gasteiger partial charge in [0.15, 0.2) is 5.82 Å². The minimum atomic E-state index is 0.280. The molecule has 0 aliphatic carbocycles. The lowest BCUT2D eigenvalue weighted by Crippen LogP contribution is -1.98. The van der Waals surface area contributed by atoms with Gasteiger partial charge in [0.2, 0.25) is 11.6 Å². The zero-order valence-electron chi connectivity index (χ0n) is 10.3. The number of nitrogens with one attached hydrogen (secondary N) is 3. The lowest BCUT2D eigenvalue weighted by Gasteiger charge is -2.04. The summed E-state index contributed by atoms with van der Waals surface area (Å²) in [5.74, 6) is 1.06. The first kappa shape index (κ1) is 11.3. The zero-order valence-corrected chi connectivity index (χ0v) is 10.3. The summed E-state index contributed by atoms with van der Waals surface area (Å²) in [4.78, 5) is 12.7. The molecule has 0 amide bonds. The van der Waals surface area contributed by atoms with Crippen molar-refractivity contribution in [2.24, 2.45) is 0 Å². The Kier molecular flexibility index (Phi) is 2.42. The van der Waals surface area contributed by atoms with Gasteiger partial charge >= 0.3 is 0 Å². The number of hydrogen-bond acceptors (Lipinski definition) is 9. The van der Waals surface area contributed by atoms with Gasteiger partial charge in [-0.1, -0.05) is 0 Å². The fourth-order valence-electron chi connectivity index (χ4n) is 1.76. The molecule has 0 bridgehead atoms. The van der Waals surface area contributed by atoms with Crippen LogP contribution in [0.3, 0.4) is 0 Å². The third-order valence-corrected chi connectivity index (χ3v) is 2.66. The second-order valence-corrected chi connectivity index (χ2v) is 3.88. The maximum absolute atomic E-state index is 4.40. The normalized spacial score (nSPS) is 10.9. The molecule has 0 aliphatic heterocycles. The molecule has 3 N–H and O–H groups in total. The lowest BCUT2D eigenvalue weighted by atomic mass is 10.1. The summed E-state index contributed by atoms with van der Waals surface area (Å²) in [6, 6.07) is 0. The van der Waals surface area contributed by atoms with E-state index in [4.69, 9.17) is 0 Å². The highest BCUT2D eigenvalue weighted by atomic mass is 15.5. The number of H-pyrrole nitrogens is 3. The van der Waals surface area contributed by atoms with E-state index in [9.17, 15) is 0 Å². The molecule has 4 aromatic rings. The van der Waals surface area contributed by atoms with Crippen LogP contribution in [-0.2, 0) is 0 Å². The van der Waals surface area contributed by atoms with E-state index in [-0.39, 0.29) is 5.82 Å². The largest absolute Gasteiger partial charge is 0.258 e. The van der Waals surface area contributed by atoms with E-state index in [0.717, 1.165) is 0 Å². The molecule has 21 heavy (non-hydrogen) atoms. The molecule has 102 valence electrons. The second-order valence-electron chi connectivity index (χ2n) is 3.88. The Morgan fingerprint density at radius 2 is 1.90 bits per heavy atom. The van der Waals surface area contributed by atoms with Gasteiger partial charge < -0.3 is 0 Å². The first-order valence-electron chi connectivity index (χ1n) is 5.74. The zero-order chi connectivity index (χ0) is 14.1. The Labute approximate surface area is 115 Å². The van der Waals surface area contributed by atoms with E-state index in [2.05, 4.69) is 61.2 Å². The van der Waals surface area contributed by atoms with Crippen molar-refractivity contribution in [1.82, 2.24) is 61.2 Å². The van der Waals surface area contributed by atoms with Crippen molar-refractivity contribution in [3.8, 4) is 34.4 Å². The van der Waals surface area contributed by atoms with Gasteiger partial charge in [-0.05, 0) is 5.21 Å². The standard InChI is InChI=1S/C9H6N12/c1-4(5-2-12-19-15-5)6(7-11-3-13-16-7)14-8(10-1)9-17-20-21-18-9/h1-3H,(H,11,13,16)(H,12,15,19)(H,17,18,20,21). The van der Waals surface area contributed by atoms with Crippen LogP contribution in [0, 0.1) is 0 Å². The molecule has 0 radical (unpaired) electrons. The summed E-state index contributed by atoms with van der Waals surface area (Å²) in [6.45, 7) is 0. The van der Waals surface area contributed by atoms with Crippen molar-refractivity contribution >= 4 is 0 Å². The van der Waals surface area contributed by atoms with Crippen LogP contribution in [0.4, 0.5) is 0 Å². The quantitative estimate of drug-likeness (QED) is 0.437. The molecule has 0 aromatic carbocycles. The van der Waals surface area contributed by atoms with Crippen molar-refractivity contribution < 1.29 is 0 Å². The molecule has 4 aromatic heterocycles. The summed E-state index contributed by atoms with van der Waals surface area (Å²) in [7, 11) is 0. The Balaban J connectivity index is 1.92. The van der Waals surface area contributed by atoms with Crippen molar-refractivity contribution in [3.05, 3.63) is 18.7 Å². The number of rotatable bonds is 3. The molecule has 0 saturated carbocycles. The highest BCUT2D eigenvalue weighted by Gasteiger charge is 2.17. The molecule has 0 fully saturated rings. The van der Waals surface area contributed by atoms with Crippen LogP contribution in [0.25, 0.3) is 34.4 Å². The van der Waals surface area contributed by atoms with Gasteiger partial charge in [-0.3, -0.25) is 5.10 Å². The van der Waals surface area contributed by atoms with Gasteiger partial charge in [-0.25, -0.2) is 15.0 Å². The molecule has 12 nitrogen and oxygen atoms in total. The van der Waals surface area contributed by atoms with Gasteiger partial charge in [-0.2, -0.15) is 25.7 Å². The monoisotopic (exact) mass is 282 g/mol. The van der Waals surface area contributed by atoms with Gasteiger partial charge in [-0.15, -0.1) is 10.2 Å². The molecular weight excluding hydrogens is 276 g/mol. The number of tetrazole rings is 1. The SMILES string of the molecule is c1n[nH]c(-c2nc(-c3nn[nH]n3)ncc2-c2cn[nH]n2)n1. The minimum absolute atomic E-state index is 0.280. The topological polar surface area (TPSA) is 163 Å². The molecule has 4 heterocycles. The van der Waals surface area contributed by atoms with Crippen molar-refractivity contribution in [2.75, 3.05) is 0 Å². The smallest absolute Gasteiger partial charge is 0.241 e. The van der Waals surface area contributed by atoms with Crippen LogP contribution in [0.15, 0.2) is 18.7 Å². The summed E-state index contributed by atoms with van der Waals surface area (Å²) in [5, 5.41) is 30.4. The van der Waals surface area contributed by atoms with Gasteiger partial charge in [0, 0.05) is 6.20 Å². The molecule has 4 rings (SSSR count). The van der Waals surface area contributed by atoms with Crippen molar-refractivity contribution in [2.45, 2.75) is 0 Å². The molecule has 0 unspecified atom stereocenters. The van der Waals surface area contributed by atoms with Gasteiger partial charge in [0.05, 0.1) is 11.8 Å². The minimum Gasteiger partial charge on any atom is -0.258 e.